The molecule has 0 aromatic heterocycles. The molecule has 14 heavy (non-hydrogen) atoms. The minimum atomic E-state index is -0.0883. The summed E-state index contributed by atoms with van der Waals surface area (Å²) in [7, 11) is 0. The van der Waals surface area contributed by atoms with Crippen molar-refractivity contribution in [3.8, 4) is 0 Å². The maximum atomic E-state index is 11.0. The van der Waals surface area contributed by atoms with Crippen LogP contribution in [-0.4, -0.2) is 42.3 Å². The first-order valence-electron chi connectivity index (χ1n) is 5.01. The van der Waals surface area contributed by atoms with Crippen LogP contribution in [0.4, 0.5) is 4.79 Å². The van der Waals surface area contributed by atoms with Gasteiger partial charge in [-0.3, -0.25) is 0 Å². The van der Waals surface area contributed by atoms with Crippen LogP contribution in [0.1, 0.15) is 19.8 Å². The minimum Gasteiger partial charge on any atom is -0.396 e. The number of rotatable bonds is 8. The van der Waals surface area contributed by atoms with Gasteiger partial charge in [-0.2, -0.15) is 11.8 Å². The van der Waals surface area contributed by atoms with Crippen LogP contribution in [0.15, 0.2) is 0 Å². The first-order chi connectivity index (χ1) is 6.81. The molecular weight excluding hydrogens is 200 g/mol. The smallest absolute Gasteiger partial charge is 0.314 e. The van der Waals surface area contributed by atoms with E-state index in [1.807, 2.05) is 6.92 Å². The van der Waals surface area contributed by atoms with Crippen molar-refractivity contribution in [3.05, 3.63) is 0 Å². The Morgan fingerprint density at radius 2 is 2.00 bits per heavy atom. The fourth-order valence-corrected chi connectivity index (χ4v) is 1.59. The lowest BCUT2D eigenvalue weighted by molar-refractivity contribution is 0.241. The molecule has 0 aromatic carbocycles. The Balaban J connectivity index is 3.07. The highest BCUT2D eigenvalue weighted by molar-refractivity contribution is 7.99. The van der Waals surface area contributed by atoms with Gasteiger partial charge in [0, 0.05) is 25.4 Å². The second-order valence-corrected chi connectivity index (χ2v) is 4.10. The number of aliphatic hydroxyl groups is 1. The number of aliphatic hydroxyl groups excluding tert-OH is 1. The molecule has 3 N–H and O–H groups in total. The van der Waals surface area contributed by atoms with E-state index >= 15 is 0 Å². The van der Waals surface area contributed by atoms with Gasteiger partial charge in [0.1, 0.15) is 0 Å². The van der Waals surface area contributed by atoms with E-state index in [1.54, 1.807) is 11.8 Å². The molecule has 84 valence electrons. The molecule has 0 aliphatic carbocycles. The SMILES string of the molecule is CCCNC(=O)NCCSCCCO. The number of urea groups is 1. The number of carbonyl (C=O) groups is 1. The van der Waals surface area contributed by atoms with E-state index in [2.05, 4.69) is 10.6 Å². The maximum absolute atomic E-state index is 11.0. The lowest BCUT2D eigenvalue weighted by Gasteiger charge is -2.05. The Labute approximate surface area is 89.8 Å². The van der Waals surface area contributed by atoms with E-state index in [0.717, 1.165) is 30.9 Å². The van der Waals surface area contributed by atoms with Crippen LogP contribution < -0.4 is 10.6 Å². The number of amides is 2. The zero-order valence-electron chi connectivity index (χ0n) is 8.71. The van der Waals surface area contributed by atoms with Gasteiger partial charge in [-0.1, -0.05) is 6.92 Å². The largest absolute Gasteiger partial charge is 0.396 e. The first kappa shape index (κ1) is 13.6. The molecule has 0 saturated carbocycles. The third-order valence-electron chi connectivity index (χ3n) is 1.51. The zero-order valence-corrected chi connectivity index (χ0v) is 9.53. The molecule has 0 aliphatic rings. The van der Waals surface area contributed by atoms with Crippen LogP contribution in [0.25, 0.3) is 0 Å². The van der Waals surface area contributed by atoms with Gasteiger partial charge in [0.25, 0.3) is 0 Å². The predicted octanol–water partition coefficient (Wildman–Crippen LogP) is 0.811. The van der Waals surface area contributed by atoms with Gasteiger partial charge in [0.15, 0.2) is 0 Å². The van der Waals surface area contributed by atoms with Gasteiger partial charge >= 0.3 is 6.03 Å². The molecule has 0 radical (unpaired) electrons. The highest BCUT2D eigenvalue weighted by Crippen LogP contribution is 1.99. The fraction of sp³-hybridized carbons (Fsp3) is 0.889. The highest BCUT2D eigenvalue weighted by atomic mass is 32.2. The molecule has 0 fully saturated rings. The van der Waals surface area contributed by atoms with Gasteiger partial charge in [-0.15, -0.1) is 0 Å². The Morgan fingerprint density at radius 3 is 2.64 bits per heavy atom. The van der Waals surface area contributed by atoms with Crippen molar-refractivity contribution in [1.29, 1.82) is 0 Å². The number of nitrogens with one attached hydrogen (secondary N) is 2. The lowest BCUT2D eigenvalue weighted by atomic mass is 10.5. The van der Waals surface area contributed by atoms with E-state index < -0.39 is 0 Å². The number of hydrogen-bond acceptors (Lipinski definition) is 3. The van der Waals surface area contributed by atoms with Crippen molar-refractivity contribution < 1.29 is 9.90 Å². The molecule has 5 heteroatoms. The Bertz CT molecular complexity index is 145. The average molecular weight is 220 g/mol. The van der Waals surface area contributed by atoms with Crippen molar-refractivity contribution in [3.63, 3.8) is 0 Å². The summed E-state index contributed by atoms with van der Waals surface area (Å²) in [5.74, 6) is 1.86. The van der Waals surface area contributed by atoms with Gasteiger partial charge in [-0.05, 0) is 18.6 Å². The topological polar surface area (TPSA) is 61.4 Å². The van der Waals surface area contributed by atoms with Crippen molar-refractivity contribution in [1.82, 2.24) is 10.6 Å². The molecular formula is C9H20N2O2S. The standard InChI is InChI=1S/C9H20N2O2S/c1-2-4-10-9(13)11-5-8-14-7-3-6-12/h12H,2-8H2,1H3,(H2,10,11,13). The zero-order chi connectivity index (χ0) is 10.6. The summed E-state index contributed by atoms with van der Waals surface area (Å²) in [6.45, 7) is 3.68. The Hall–Kier alpha value is -0.420. The van der Waals surface area contributed by atoms with Crippen molar-refractivity contribution in [2.75, 3.05) is 31.2 Å². The summed E-state index contributed by atoms with van der Waals surface area (Å²) in [6.07, 6.45) is 1.78. The third-order valence-corrected chi connectivity index (χ3v) is 2.58. The molecule has 2 amide bonds. The van der Waals surface area contributed by atoms with Crippen LogP contribution in [0, 0.1) is 0 Å². The number of thioether (sulfide) groups is 1. The number of hydrogen-bond donors (Lipinski definition) is 3. The van der Waals surface area contributed by atoms with E-state index in [0.29, 0.717) is 6.54 Å². The lowest BCUT2D eigenvalue weighted by Crippen LogP contribution is -2.37. The summed E-state index contributed by atoms with van der Waals surface area (Å²) in [4.78, 5) is 11.0. The van der Waals surface area contributed by atoms with E-state index in [9.17, 15) is 4.79 Å². The molecule has 0 heterocycles. The van der Waals surface area contributed by atoms with E-state index in [-0.39, 0.29) is 12.6 Å². The summed E-state index contributed by atoms with van der Waals surface area (Å²) in [5, 5.41) is 14.0. The predicted molar refractivity (Wildman–Crippen MR) is 60.7 cm³/mol. The Morgan fingerprint density at radius 1 is 1.29 bits per heavy atom. The molecule has 0 spiro atoms. The van der Waals surface area contributed by atoms with Crippen LogP contribution in [-0.2, 0) is 0 Å². The maximum Gasteiger partial charge on any atom is 0.314 e. The minimum absolute atomic E-state index is 0.0883. The Kier molecular flexibility index (Phi) is 10.3. The van der Waals surface area contributed by atoms with Crippen LogP contribution in [0.2, 0.25) is 0 Å². The summed E-state index contributed by atoms with van der Waals surface area (Å²) in [5.41, 5.74) is 0. The van der Waals surface area contributed by atoms with Gasteiger partial charge in [0.2, 0.25) is 0 Å². The molecule has 0 saturated heterocycles. The molecule has 0 bridgehead atoms. The van der Waals surface area contributed by atoms with Crippen LogP contribution in [0.3, 0.4) is 0 Å². The number of carbonyl (C=O) groups excluding carboxylic acids is 1. The summed E-state index contributed by atoms with van der Waals surface area (Å²) in [6, 6.07) is -0.0883. The van der Waals surface area contributed by atoms with Crippen molar-refractivity contribution in [2.24, 2.45) is 0 Å². The summed E-state index contributed by atoms with van der Waals surface area (Å²) < 4.78 is 0. The molecule has 0 aliphatic heterocycles. The fourth-order valence-electron chi connectivity index (χ4n) is 0.806. The average Bonchev–Trinajstić information content (AvgIpc) is 2.20. The van der Waals surface area contributed by atoms with Crippen molar-refractivity contribution >= 4 is 17.8 Å². The van der Waals surface area contributed by atoms with Gasteiger partial charge in [-0.25, -0.2) is 4.79 Å². The second kappa shape index (κ2) is 10.7. The van der Waals surface area contributed by atoms with Crippen LogP contribution in [0.5, 0.6) is 0 Å². The van der Waals surface area contributed by atoms with Crippen LogP contribution >= 0.6 is 11.8 Å². The second-order valence-electron chi connectivity index (χ2n) is 2.87. The molecule has 0 unspecified atom stereocenters. The monoisotopic (exact) mass is 220 g/mol. The first-order valence-corrected chi connectivity index (χ1v) is 6.17. The van der Waals surface area contributed by atoms with E-state index in [1.165, 1.54) is 0 Å². The molecule has 0 rings (SSSR count). The normalized spacial score (nSPS) is 9.86. The summed E-state index contributed by atoms with van der Waals surface area (Å²) >= 11 is 1.74. The third kappa shape index (κ3) is 9.67. The molecule has 0 aromatic rings. The highest BCUT2D eigenvalue weighted by Gasteiger charge is 1.96. The van der Waals surface area contributed by atoms with Gasteiger partial charge < -0.3 is 15.7 Å². The quantitative estimate of drug-likeness (QED) is 0.531. The van der Waals surface area contributed by atoms with Crippen molar-refractivity contribution in [2.45, 2.75) is 19.8 Å². The molecule has 0 atom stereocenters. The van der Waals surface area contributed by atoms with E-state index in [4.69, 9.17) is 5.11 Å². The van der Waals surface area contributed by atoms with Gasteiger partial charge in [0.05, 0.1) is 0 Å². The molecule has 4 nitrogen and oxygen atoms in total.